The minimum absolute atomic E-state index is 0.714. The Labute approximate surface area is 145 Å². The smallest absolute Gasteiger partial charge is 0.228 e. The number of anilines is 1. The lowest BCUT2D eigenvalue weighted by atomic mass is 9.99. The van der Waals surface area contributed by atoms with Crippen LogP contribution in [-0.2, 0) is 18.2 Å². The Hall–Kier alpha value is -2.73. The molecule has 0 radical (unpaired) electrons. The molecule has 1 fully saturated rings. The van der Waals surface area contributed by atoms with Gasteiger partial charge in [0.1, 0.15) is 0 Å². The molecule has 25 heavy (non-hydrogen) atoms. The van der Waals surface area contributed by atoms with E-state index >= 15 is 0 Å². The summed E-state index contributed by atoms with van der Waals surface area (Å²) in [5.74, 6) is 0.758. The molecule has 0 unspecified atom stereocenters. The Morgan fingerprint density at radius 3 is 2.88 bits per heavy atom. The van der Waals surface area contributed by atoms with Gasteiger partial charge in [0.05, 0.1) is 30.5 Å². The van der Waals surface area contributed by atoms with Gasteiger partial charge in [0.2, 0.25) is 5.95 Å². The van der Waals surface area contributed by atoms with Crippen LogP contribution in [-0.4, -0.2) is 46.1 Å². The van der Waals surface area contributed by atoms with Gasteiger partial charge in [0.25, 0.3) is 0 Å². The van der Waals surface area contributed by atoms with Gasteiger partial charge in [0, 0.05) is 25.7 Å². The van der Waals surface area contributed by atoms with Crippen molar-refractivity contribution in [2.45, 2.75) is 6.42 Å². The second kappa shape index (κ2) is 5.67. The maximum Gasteiger partial charge on any atom is 0.228 e. The standard InChI is InChI=1S/C19H19N5O/c1-23-18-16(12-20-23)17(15-7-3-5-13-4-2-6-14(13)15)21-19(22-18)24-8-10-25-11-9-24/h2-3,5-7,12H,4,8-11H2,1H3. The second-order valence-electron chi connectivity index (χ2n) is 6.46. The number of allylic oxidation sites excluding steroid dienone is 1. The first kappa shape index (κ1) is 14.6. The molecule has 2 aliphatic rings. The van der Waals surface area contributed by atoms with Crippen LogP contribution < -0.4 is 4.90 Å². The Balaban J connectivity index is 1.74. The third kappa shape index (κ3) is 2.33. The number of hydrogen-bond donors (Lipinski definition) is 0. The van der Waals surface area contributed by atoms with Crippen LogP contribution in [0.1, 0.15) is 11.1 Å². The van der Waals surface area contributed by atoms with Crippen LogP contribution in [0, 0.1) is 0 Å². The van der Waals surface area contributed by atoms with E-state index in [-0.39, 0.29) is 0 Å². The lowest BCUT2D eigenvalue weighted by Gasteiger charge is -2.27. The van der Waals surface area contributed by atoms with Gasteiger partial charge in [-0.2, -0.15) is 10.1 Å². The van der Waals surface area contributed by atoms with Gasteiger partial charge in [-0.05, 0) is 17.5 Å². The number of aromatic nitrogens is 4. The minimum Gasteiger partial charge on any atom is -0.378 e. The van der Waals surface area contributed by atoms with Crippen LogP contribution in [0.15, 0.2) is 30.5 Å². The molecule has 1 aliphatic heterocycles. The maximum absolute atomic E-state index is 5.47. The molecule has 0 amide bonds. The average Bonchev–Trinajstić information content (AvgIpc) is 3.28. The van der Waals surface area contributed by atoms with E-state index in [4.69, 9.17) is 14.7 Å². The van der Waals surface area contributed by atoms with Crippen LogP contribution in [0.25, 0.3) is 28.4 Å². The molecule has 3 heterocycles. The number of morpholine rings is 1. The average molecular weight is 333 g/mol. The number of hydrogen-bond acceptors (Lipinski definition) is 5. The van der Waals surface area contributed by atoms with Crippen LogP contribution in [0.2, 0.25) is 0 Å². The number of nitrogens with zero attached hydrogens (tertiary/aromatic N) is 5. The second-order valence-corrected chi connectivity index (χ2v) is 6.46. The molecule has 1 saturated heterocycles. The van der Waals surface area contributed by atoms with E-state index in [1.807, 2.05) is 17.9 Å². The first-order valence-electron chi connectivity index (χ1n) is 8.62. The van der Waals surface area contributed by atoms with Crippen molar-refractivity contribution < 1.29 is 4.74 Å². The van der Waals surface area contributed by atoms with Crippen LogP contribution in [0.4, 0.5) is 5.95 Å². The minimum atomic E-state index is 0.714. The number of rotatable bonds is 2. The highest BCUT2D eigenvalue weighted by atomic mass is 16.5. The van der Waals surface area contributed by atoms with E-state index in [0.717, 1.165) is 47.7 Å². The molecular formula is C19H19N5O. The predicted octanol–water partition coefficient (Wildman–Crippen LogP) is 2.44. The largest absolute Gasteiger partial charge is 0.378 e. The maximum atomic E-state index is 5.47. The fourth-order valence-electron chi connectivity index (χ4n) is 3.62. The Kier molecular flexibility index (Phi) is 3.31. The van der Waals surface area contributed by atoms with Crippen LogP contribution in [0.5, 0.6) is 0 Å². The highest BCUT2D eigenvalue weighted by Gasteiger charge is 2.21. The highest BCUT2D eigenvalue weighted by Crippen LogP contribution is 2.34. The molecular weight excluding hydrogens is 314 g/mol. The molecule has 3 aromatic rings. The summed E-state index contributed by atoms with van der Waals surface area (Å²) >= 11 is 0. The zero-order valence-electron chi connectivity index (χ0n) is 14.1. The molecule has 0 atom stereocenters. The summed E-state index contributed by atoms with van der Waals surface area (Å²) in [4.78, 5) is 11.9. The summed E-state index contributed by atoms with van der Waals surface area (Å²) < 4.78 is 7.29. The van der Waals surface area contributed by atoms with Gasteiger partial charge in [-0.25, -0.2) is 4.98 Å². The number of aryl methyl sites for hydroxylation is 1. The molecule has 0 N–H and O–H groups in total. The summed E-state index contributed by atoms with van der Waals surface area (Å²) in [6.45, 7) is 3.06. The molecule has 6 nitrogen and oxygen atoms in total. The van der Waals surface area contributed by atoms with E-state index in [9.17, 15) is 0 Å². The lowest BCUT2D eigenvalue weighted by Crippen LogP contribution is -2.37. The number of benzene rings is 1. The van der Waals surface area contributed by atoms with E-state index < -0.39 is 0 Å². The van der Waals surface area contributed by atoms with Crippen molar-refractivity contribution in [1.82, 2.24) is 19.7 Å². The topological polar surface area (TPSA) is 56.1 Å². The molecule has 1 aliphatic carbocycles. The summed E-state index contributed by atoms with van der Waals surface area (Å²) in [6, 6.07) is 6.44. The van der Waals surface area contributed by atoms with Crippen LogP contribution in [0.3, 0.4) is 0 Å². The highest BCUT2D eigenvalue weighted by molar-refractivity contribution is 5.94. The molecule has 2 aromatic heterocycles. The van der Waals surface area contributed by atoms with Gasteiger partial charge >= 0.3 is 0 Å². The van der Waals surface area contributed by atoms with E-state index in [1.54, 1.807) is 0 Å². The fraction of sp³-hybridized carbons (Fsp3) is 0.316. The van der Waals surface area contributed by atoms with Crippen molar-refractivity contribution >= 4 is 23.1 Å². The third-order valence-corrected chi connectivity index (χ3v) is 4.95. The Morgan fingerprint density at radius 1 is 1.12 bits per heavy atom. The molecule has 0 bridgehead atoms. The van der Waals surface area contributed by atoms with Crippen molar-refractivity contribution in [1.29, 1.82) is 0 Å². The van der Waals surface area contributed by atoms with E-state index in [0.29, 0.717) is 13.2 Å². The first-order chi connectivity index (χ1) is 12.3. The van der Waals surface area contributed by atoms with E-state index in [1.165, 1.54) is 11.1 Å². The van der Waals surface area contributed by atoms with Crippen molar-refractivity contribution in [2.24, 2.45) is 7.05 Å². The van der Waals surface area contributed by atoms with Gasteiger partial charge in [-0.15, -0.1) is 0 Å². The summed E-state index contributed by atoms with van der Waals surface area (Å²) in [5.41, 5.74) is 5.59. The van der Waals surface area contributed by atoms with Gasteiger partial charge in [-0.3, -0.25) is 4.68 Å². The van der Waals surface area contributed by atoms with Crippen molar-refractivity contribution in [3.8, 4) is 11.3 Å². The van der Waals surface area contributed by atoms with Gasteiger partial charge < -0.3 is 9.64 Å². The number of ether oxygens (including phenoxy) is 1. The molecule has 5 rings (SSSR count). The normalized spacial score (nSPS) is 16.6. The summed E-state index contributed by atoms with van der Waals surface area (Å²) in [5, 5.41) is 5.41. The molecule has 1 aromatic carbocycles. The molecule has 0 spiro atoms. The zero-order chi connectivity index (χ0) is 16.8. The third-order valence-electron chi connectivity index (χ3n) is 4.95. The SMILES string of the molecule is Cn1ncc2c(-c3cccc4c3C=CC4)nc(N3CCOCC3)nc21. The first-order valence-corrected chi connectivity index (χ1v) is 8.62. The fourth-order valence-corrected chi connectivity index (χ4v) is 3.62. The quantitative estimate of drug-likeness (QED) is 0.721. The zero-order valence-corrected chi connectivity index (χ0v) is 14.1. The van der Waals surface area contributed by atoms with Crippen molar-refractivity contribution in [3.63, 3.8) is 0 Å². The molecule has 0 saturated carbocycles. The van der Waals surface area contributed by atoms with Gasteiger partial charge in [0.15, 0.2) is 5.65 Å². The van der Waals surface area contributed by atoms with Crippen LogP contribution >= 0.6 is 0 Å². The Morgan fingerprint density at radius 2 is 2.00 bits per heavy atom. The number of fused-ring (bicyclic) bond motifs is 2. The van der Waals surface area contributed by atoms with Gasteiger partial charge in [-0.1, -0.05) is 30.4 Å². The lowest BCUT2D eigenvalue weighted by molar-refractivity contribution is 0.122. The molecule has 6 heteroatoms. The van der Waals surface area contributed by atoms with Crippen molar-refractivity contribution in [2.75, 3.05) is 31.2 Å². The Bertz CT molecular complexity index is 985. The van der Waals surface area contributed by atoms with E-state index in [2.05, 4.69) is 40.3 Å². The molecule has 126 valence electrons. The van der Waals surface area contributed by atoms with Crippen molar-refractivity contribution in [3.05, 3.63) is 41.6 Å². The predicted molar refractivity (Wildman–Crippen MR) is 97.5 cm³/mol. The summed E-state index contributed by atoms with van der Waals surface area (Å²) in [6.07, 6.45) is 7.26. The monoisotopic (exact) mass is 333 g/mol. The summed E-state index contributed by atoms with van der Waals surface area (Å²) in [7, 11) is 1.93.